The number of aromatic amines is 1. The van der Waals surface area contributed by atoms with Gasteiger partial charge in [-0.15, -0.1) is 11.3 Å². The van der Waals surface area contributed by atoms with Gasteiger partial charge in [0.15, 0.2) is 0 Å². The maximum Gasteiger partial charge on any atom is 0.410 e. The van der Waals surface area contributed by atoms with E-state index < -0.39 is 5.60 Å². The summed E-state index contributed by atoms with van der Waals surface area (Å²) in [5.41, 5.74) is 2.94. The molecule has 0 saturated carbocycles. The second kappa shape index (κ2) is 10.2. The first-order chi connectivity index (χ1) is 16.7. The van der Waals surface area contributed by atoms with Crippen LogP contribution in [0.15, 0.2) is 29.6 Å². The van der Waals surface area contributed by atoms with Crippen LogP contribution in [0.25, 0.3) is 21.8 Å². The van der Waals surface area contributed by atoms with Crippen molar-refractivity contribution in [3.63, 3.8) is 0 Å². The third-order valence-corrected chi connectivity index (χ3v) is 6.61. The molecule has 3 heterocycles. The minimum absolute atomic E-state index is 0.113. The van der Waals surface area contributed by atoms with E-state index in [1.54, 1.807) is 22.4 Å². The van der Waals surface area contributed by atoms with Crippen LogP contribution in [0.2, 0.25) is 0 Å². The van der Waals surface area contributed by atoms with E-state index in [9.17, 15) is 14.0 Å². The van der Waals surface area contributed by atoms with Crippen molar-refractivity contribution >= 4 is 23.3 Å². The Balaban J connectivity index is 1.64. The third kappa shape index (κ3) is 5.70. The highest BCUT2D eigenvalue weighted by Gasteiger charge is 2.31. The van der Waals surface area contributed by atoms with Crippen molar-refractivity contribution in [3.05, 3.63) is 46.9 Å². The van der Waals surface area contributed by atoms with Gasteiger partial charge in [-0.3, -0.25) is 9.89 Å². The van der Waals surface area contributed by atoms with Gasteiger partial charge >= 0.3 is 6.09 Å². The predicted octanol–water partition coefficient (Wildman–Crippen LogP) is 5.20. The summed E-state index contributed by atoms with van der Waals surface area (Å²) >= 11 is 1.37. The lowest BCUT2D eigenvalue weighted by atomic mass is 9.90. The van der Waals surface area contributed by atoms with Crippen LogP contribution in [-0.4, -0.2) is 57.3 Å². The Hall–Kier alpha value is -3.27. The molecule has 35 heavy (non-hydrogen) atoms. The van der Waals surface area contributed by atoms with Crippen LogP contribution in [0, 0.1) is 5.82 Å². The Kier molecular flexibility index (Phi) is 7.20. The number of nitrogens with zero attached hydrogens (tertiary/aromatic N) is 3. The molecule has 0 spiro atoms. The quantitative estimate of drug-likeness (QED) is 0.502. The molecule has 2 N–H and O–H groups in total. The SMILES string of the molecule is CCNC(=O)c1csc(-c2c(-c3ccc(F)cc3)n[nH]c2C2CCN(C(=O)OC(C)(C)C)CC2)n1. The zero-order valence-corrected chi connectivity index (χ0v) is 21.2. The molecule has 0 unspecified atom stereocenters. The van der Waals surface area contributed by atoms with Crippen molar-refractivity contribution in [1.29, 1.82) is 0 Å². The van der Waals surface area contributed by atoms with Crippen LogP contribution in [0.4, 0.5) is 9.18 Å². The Morgan fingerprint density at radius 2 is 1.91 bits per heavy atom. The fraction of sp³-hybridized carbons (Fsp3) is 0.440. The second-order valence-electron chi connectivity index (χ2n) is 9.51. The number of likely N-dealkylation sites (tertiary alicyclic amines) is 1. The second-order valence-corrected chi connectivity index (χ2v) is 10.4. The lowest BCUT2D eigenvalue weighted by Crippen LogP contribution is -2.41. The molecule has 10 heteroatoms. The highest BCUT2D eigenvalue weighted by Crippen LogP contribution is 2.41. The monoisotopic (exact) mass is 499 g/mol. The van der Waals surface area contributed by atoms with E-state index >= 15 is 0 Å². The normalized spacial score (nSPS) is 14.7. The molecule has 1 aliphatic rings. The number of benzene rings is 1. The number of halogens is 1. The molecule has 0 aliphatic carbocycles. The summed E-state index contributed by atoms with van der Waals surface area (Å²) in [4.78, 5) is 31.1. The van der Waals surface area contributed by atoms with Crippen molar-refractivity contribution in [2.24, 2.45) is 0 Å². The van der Waals surface area contributed by atoms with E-state index in [-0.39, 0.29) is 23.7 Å². The Morgan fingerprint density at radius 3 is 2.54 bits per heavy atom. The van der Waals surface area contributed by atoms with Gasteiger partial charge in [-0.05, 0) is 64.8 Å². The zero-order chi connectivity index (χ0) is 25.2. The minimum Gasteiger partial charge on any atom is -0.444 e. The lowest BCUT2D eigenvalue weighted by Gasteiger charge is -2.33. The summed E-state index contributed by atoms with van der Waals surface area (Å²) in [6.45, 7) is 9.06. The number of ether oxygens (including phenoxy) is 1. The van der Waals surface area contributed by atoms with Gasteiger partial charge < -0.3 is 15.0 Å². The molecule has 4 rings (SSSR count). The maximum absolute atomic E-state index is 13.6. The first-order valence-corrected chi connectivity index (χ1v) is 12.6. The summed E-state index contributed by atoms with van der Waals surface area (Å²) in [6, 6.07) is 6.16. The van der Waals surface area contributed by atoms with Crippen LogP contribution >= 0.6 is 11.3 Å². The number of piperidine rings is 1. The van der Waals surface area contributed by atoms with Crippen molar-refractivity contribution in [2.45, 2.75) is 52.1 Å². The van der Waals surface area contributed by atoms with Gasteiger partial charge in [-0.1, -0.05) is 0 Å². The summed E-state index contributed by atoms with van der Waals surface area (Å²) < 4.78 is 19.1. The third-order valence-electron chi connectivity index (χ3n) is 5.75. The predicted molar refractivity (Wildman–Crippen MR) is 133 cm³/mol. The largest absolute Gasteiger partial charge is 0.444 e. The number of thiazole rings is 1. The average molecular weight is 500 g/mol. The zero-order valence-electron chi connectivity index (χ0n) is 20.4. The number of rotatable bonds is 5. The molecule has 8 nitrogen and oxygen atoms in total. The number of carbonyl (C=O) groups is 2. The van der Waals surface area contributed by atoms with Crippen molar-refractivity contribution in [2.75, 3.05) is 19.6 Å². The molecule has 1 aliphatic heterocycles. The van der Waals surface area contributed by atoms with Gasteiger partial charge in [0.2, 0.25) is 0 Å². The van der Waals surface area contributed by atoms with Crippen LogP contribution in [0.3, 0.4) is 0 Å². The fourth-order valence-electron chi connectivity index (χ4n) is 4.11. The Bertz CT molecular complexity index is 1190. The van der Waals surface area contributed by atoms with Crippen LogP contribution in [0.5, 0.6) is 0 Å². The molecule has 3 aromatic rings. The lowest BCUT2D eigenvalue weighted by molar-refractivity contribution is 0.0204. The summed E-state index contributed by atoms with van der Waals surface area (Å²) in [6.07, 6.45) is 1.15. The average Bonchev–Trinajstić information content (AvgIpc) is 3.46. The molecular weight excluding hydrogens is 469 g/mol. The highest BCUT2D eigenvalue weighted by molar-refractivity contribution is 7.13. The van der Waals surface area contributed by atoms with Crippen molar-refractivity contribution in [1.82, 2.24) is 25.4 Å². The fourth-order valence-corrected chi connectivity index (χ4v) is 4.96. The summed E-state index contributed by atoms with van der Waals surface area (Å²) in [7, 11) is 0. The highest BCUT2D eigenvalue weighted by atomic mass is 32.1. The Morgan fingerprint density at radius 1 is 1.23 bits per heavy atom. The van der Waals surface area contributed by atoms with E-state index in [2.05, 4.69) is 20.5 Å². The van der Waals surface area contributed by atoms with Crippen LogP contribution < -0.4 is 5.32 Å². The van der Waals surface area contributed by atoms with E-state index in [1.165, 1.54) is 23.5 Å². The van der Waals surface area contributed by atoms with Gasteiger partial charge in [-0.25, -0.2) is 14.2 Å². The molecule has 0 bridgehead atoms. The number of H-pyrrole nitrogens is 1. The number of hydrogen-bond donors (Lipinski definition) is 2. The molecule has 1 aromatic carbocycles. The summed E-state index contributed by atoms with van der Waals surface area (Å²) in [5, 5.41) is 12.9. The van der Waals surface area contributed by atoms with Gasteiger partial charge in [-0.2, -0.15) is 5.10 Å². The maximum atomic E-state index is 13.6. The number of carbonyl (C=O) groups excluding carboxylic acids is 2. The number of nitrogens with one attached hydrogen (secondary N) is 2. The molecule has 186 valence electrons. The number of amides is 2. The first kappa shape index (κ1) is 24.8. The molecule has 1 saturated heterocycles. The molecule has 1 fully saturated rings. The van der Waals surface area contributed by atoms with E-state index in [1.807, 2.05) is 27.7 Å². The van der Waals surface area contributed by atoms with Gasteiger partial charge in [0.1, 0.15) is 27.8 Å². The van der Waals surface area contributed by atoms with E-state index in [4.69, 9.17) is 4.74 Å². The smallest absolute Gasteiger partial charge is 0.410 e. The van der Waals surface area contributed by atoms with E-state index in [0.717, 1.165) is 29.7 Å². The van der Waals surface area contributed by atoms with Crippen LogP contribution in [0.1, 0.15) is 62.6 Å². The van der Waals surface area contributed by atoms with E-state index in [0.29, 0.717) is 36.0 Å². The number of hydrogen-bond acceptors (Lipinski definition) is 6. The molecule has 2 amide bonds. The standard InChI is InChI=1S/C25H30FN5O3S/c1-5-27-22(32)18-14-35-23(28-18)19-20(15-6-8-17(26)9-7-15)29-30-21(19)16-10-12-31(13-11-16)24(33)34-25(2,3)4/h6-9,14,16H,5,10-13H2,1-4H3,(H,27,32)(H,29,30). The van der Waals surface area contributed by atoms with Gasteiger partial charge in [0.25, 0.3) is 5.91 Å². The van der Waals surface area contributed by atoms with Gasteiger partial charge in [0.05, 0.1) is 5.56 Å². The van der Waals surface area contributed by atoms with Crippen LogP contribution in [-0.2, 0) is 4.74 Å². The molecular formula is C25H30FN5O3S. The minimum atomic E-state index is -0.541. The number of aromatic nitrogens is 3. The molecule has 0 radical (unpaired) electrons. The first-order valence-electron chi connectivity index (χ1n) is 11.7. The molecule has 0 atom stereocenters. The summed E-state index contributed by atoms with van der Waals surface area (Å²) in [5.74, 6) is -0.440. The van der Waals surface area contributed by atoms with Gasteiger partial charge in [0, 0.05) is 42.2 Å². The molecule has 2 aromatic heterocycles. The van der Waals surface area contributed by atoms with Crippen molar-refractivity contribution in [3.8, 4) is 21.8 Å². The Labute approximate surface area is 207 Å². The van der Waals surface area contributed by atoms with Crippen molar-refractivity contribution < 1.29 is 18.7 Å². The topological polar surface area (TPSA) is 100 Å².